The molecule has 2 aromatic carbocycles. The molecule has 0 saturated heterocycles. The fourth-order valence-corrected chi connectivity index (χ4v) is 2.88. The van der Waals surface area contributed by atoms with Crippen LogP contribution in [0, 0.1) is 6.92 Å². The molecule has 0 aliphatic rings. The van der Waals surface area contributed by atoms with Gasteiger partial charge in [-0.25, -0.2) is 0 Å². The van der Waals surface area contributed by atoms with Crippen LogP contribution in [0.3, 0.4) is 0 Å². The first-order valence-electron chi connectivity index (χ1n) is 8.15. The van der Waals surface area contributed by atoms with Crippen molar-refractivity contribution in [1.82, 2.24) is 9.88 Å². The second-order valence-electron chi connectivity index (χ2n) is 5.85. The minimum Gasteiger partial charge on any atom is -0.494 e. The van der Waals surface area contributed by atoms with Crippen molar-refractivity contribution in [2.75, 3.05) is 6.61 Å². The van der Waals surface area contributed by atoms with E-state index in [0.29, 0.717) is 18.8 Å². The van der Waals surface area contributed by atoms with Gasteiger partial charge in [-0.2, -0.15) is 0 Å². The third kappa shape index (κ3) is 3.13. The Morgan fingerprint density at radius 2 is 1.96 bits per heavy atom. The van der Waals surface area contributed by atoms with Gasteiger partial charge in [0.2, 0.25) is 0 Å². The average Bonchev–Trinajstić information content (AvgIpc) is 2.91. The molecule has 124 valence electrons. The Labute approximate surface area is 142 Å². The molecule has 24 heavy (non-hydrogen) atoms. The minimum atomic E-state index is -0.0742. The van der Waals surface area contributed by atoms with E-state index in [1.807, 2.05) is 74.0 Å². The standard InChI is InChI=1S/C20H22N2O2/c1-4-24-17-9-10-18-16(11-17)12-19(22(18)3)20(23)21-13-15-8-6-5-7-14(15)2/h5-12H,4,13H2,1-3H3,(H,21,23). The number of benzene rings is 2. The molecule has 3 rings (SSSR count). The Morgan fingerprint density at radius 3 is 2.71 bits per heavy atom. The Kier molecular flexibility index (Phi) is 4.56. The summed E-state index contributed by atoms with van der Waals surface area (Å²) in [5.41, 5.74) is 3.96. The molecule has 3 aromatic rings. The van der Waals surface area contributed by atoms with Crippen LogP contribution >= 0.6 is 0 Å². The summed E-state index contributed by atoms with van der Waals surface area (Å²) in [5, 5.41) is 4.01. The third-order valence-corrected chi connectivity index (χ3v) is 4.26. The molecule has 4 nitrogen and oxygen atoms in total. The highest BCUT2D eigenvalue weighted by molar-refractivity contribution is 5.99. The lowest BCUT2D eigenvalue weighted by Gasteiger charge is -2.08. The predicted octanol–water partition coefficient (Wildman–Crippen LogP) is 3.82. The maximum atomic E-state index is 12.6. The largest absolute Gasteiger partial charge is 0.494 e. The number of ether oxygens (including phenoxy) is 1. The van der Waals surface area contributed by atoms with Crippen LogP contribution in [0.5, 0.6) is 5.75 Å². The first kappa shape index (κ1) is 16.1. The lowest BCUT2D eigenvalue weighted by Crippen LogP contribution is -2.25. The van der Waals surface area contributed by atoms with Crippen molar-refractivity contribution in [2.24, 2.45) is 7.05 Å². The van der Waals surface area contributed by atoms with Crippen LogP contribution < -0.4 is 10.1 Å². The monoisotopic (exact) mass is 322 g/mol. The summed E-state index contributed by atoms with van der Waals surface area (Å²) in [6, 6.07) is 15.9. The molecular weight excluding hydrogens is 300 g/mol. The van der Waals surface area contributed by atoms with Crippen LogP contribution in [0.25, 0.3) is 10.9 Å². The number of carbonyl (C=O) groups is 1. The van der Waals surface area contributed by atoms with Crippen molar-refractivity contribution >= 4 is 16.8 Å². The second-order valence-corrected chi connectivity index (χ2v) is 5.85. The van der Waals surface area contributed by atoms with E-state index in [1.54, 1.807) is 0 Å². The van der Waals surface area contributed by atoms with E-state index in [-0.39, 0.29) is 5.91 Å². The van der Waals surface area contributed by atoms with Gasteiger partial charge < -0.3 is 14.6 Å². The zero-order valence-corrected chi connectivity index (χ0v) is 14.3. The van der Waals surface area contributed by atoms with E-state index in [2.05, 4.69) is 5.32 Å². The molecule has 0 saturated carbocycles. The molecule has 4 heteroatoms. The first-order valence-corrected chi connectivity index (χ1v) is 8.15. The van der Waals surface area contributed by atoms with Gasteiger partial charge in [-0.3, -0.25) is 4.79 Å². The van der Waals surface area contributed by atoms with Gasteiger partial charge in [-0.05, 0) is 49.2 Å². The summed E-state index contributed by atoms with van der Waals surface area (Å²) in [4.78, 5) is 12.6. The molecule has 0 spiro atoms. The van der Waals surface area contributed by atoms with Crippen LogP contribution in [-0.4, -0.2) is 17.1 Å². The van der Waals surface area contributed by atoms with Gasteiger partial charge in [-0.1, -0.05) is 24.3 Å². The number of nitrogens with zero attached hydrogens (tertiary/aromatic N) is 1. The topological polar surface area (TPSA) is 43.3 Å². The van der Waals surface area contributed by atoms with Crippen molar-refractivity contribution in [3.8, 4) is 5.75 Å². The van der Waals surface area contributed by atoms with Gasteiger partial charge in [0.25, 0.3) is 5.91 Å². The molecule has 1 heterocycles. The number of aromatic nitrogens is 1. The number of carbonyl (C=O) groups excluding carboxylic acids is 1. The number of fused-ring (bicyclic) bond motifs is 1. The highest BCUT2D eigenvalue weighted by Gasteiger charge is 2.14. The van der Waals surface area contributed by atoms with Gasteiger partial charge in [0, 0.05) is 24.5 Å². The van der Waals surface area contributed by atoms with Gasteiger partial charge >= 0.3 is 0 Å². The van der Waals surface area contributed by atoms with Crippen LogP contribution in [0.4, 0.5) is 0 Å². The van der Waals surface area contributed by atoms with Crippen LogP contribution in [0.15, 0.2) is 48.5 Å². The number of rotatable bonds is 5. The Hall–Kier alpha value is -2.75. The molecule has 1 N–H and O–H groups in total. The second kappa shape index (κ2) is 6.79. The number of hydrogen-bond acceptors (Lipinski definition) is 2. The van der Waals surface area contributed by atoms with Gasteiger partial charge in [0.15, 0.2) is 0 Å². The van der Waals surface area contributed by atoms with E-state index in [4.69, 9.17) is 4.74 Å². The molecule has 0 aliphatic heterocycles. The van der Waals surface area contributed by atoms with Crippen molar-refractivity contribution in [3.05, 3.63) is 65.4 Å². The maximum absolute atomic E-state index is 12.6. The molecule has 1 aromatic heterocycles. The number of aryl methyl sites for hydroxylation is 2. The summed E-state index contributed by atoms with van der Waals surface area (Å²) in [5.74, 6) is 0.748. The minimum absolute atomic E-state index is 0.0742. The highest BCUT2D eigenvalue weighted by atomic mass is 16.5. The molecule has 0 bridgehead atoms. The van der Waals surface area contributed by atoms with E-state index >= 15 is 0 Å². The first-order chi connectivity index (χ1) is 11.6. The SMILES string of the molecule is CCOc1ccc2c(c1)cc(C(=O)NCc1ccccc1C)n2C. The van der Waals surface area contributed by atoms with Crippen molar-refractivity contribution in [3.63, 3.8) is 0 Å². The van der Waals surface area contributed by atoms with Gasteiger partial charge in [-0.15, -0.1) is 0 Å². The van der Waals surface area contributed by atoms with Crippen molar-refractivity contribution < 1.29 is 9.53 Å². The van der Waals surface area contributed by atoms with E-state index in [0.717, 1.165) is 22.2 Å². The lowest BCUT2D eigenvalue weighted by molar-refractivity contribution is 0.0943. The summed E-state index contributed by atoms with van der Waals surface area (Å²) in [7, 11) is 1.91. The highest BCUT2D eigenvalue weighted by Crippen LogP contribution is 2.24. The Balaban J connectivity index is 1.82. The fraction of sp³-hybridized carbons (Fsp3) is 0.250. The molecule has 1 amide bonds. The molecule has 0 unspecified atom stereocenters. The normalized spacial score (nSPS) is 10.8. The Morgan fingerprint density at radius 1 is 1.17 bits per heavy atom. The summed E-state index contributed by atoms with van der Waals surface area (Å²) >= 11 is 0. The number of hydrogen-bond donors (Lipinski definition) is 1. The number of nitrogens with one attached hydrogen (secondary N) is 1. The summed E-state index contributed by atoms with van der Waals surface area (Å²) in [6.45, 7) is 5.16. The molecule has 0 radical (unpaired) electrons. The third-order valence-electron chi connectivity index (χ3n) is 4.26. The molecule has 0 atom stereocenters. The molecule has 0 fully saturated rings. The maximum Gasteiger partial charge on any atom is 0.268 e. The molecule has 0 aliphatic carbocycles. The molecular formula is C20H22N2O2. The Bertz CT molecular complexity index is 880. The van der Waals surface area contributed by atoms with E-state index in [1.165, 1.54) is 5.56 Å². The predicted molar refractivity (Wildman–Crippen MR) is 96.4 cm³/mol. The zero-order chi connectivity index (χ0) is 17.1. The van der Waals surface area contributed by atoms with Crippen LogP contribution in [0.2, 0.25) is 0 Å². The quantitative estimate of drug-likeness (QED) is 0.776. The number of amides is 1. The summed E-state index contributed by atoms with van der Waals surface area (Å²) < 4.78 is 7.45. The van der Waals surface area contributed by atoms with E-state index < -0.39 is 0 Å². The van der Waals surface area contributed by atoms with E-state index in [9.17, 15) is 4.79 Å². The summed E-state index contributed by atoms with van der Waals surface area (Å²) in [6.07, 6.45) is 0. The van der Waals surface area contributed by atoms with Crippen LogP contribution in [-0.2, 0) is 13.6 Å². The smallest absolute Gasteiger partial charge is 0.268 e. The lowest BCUT2D eigenvalue weighted by atomic mass is 10.1. The fourth-order valence-electron chi connectivity index (χ4n) is 2.88. The van der Waals surface area contributed by atoms with Crippen LogP contribution in [0.1, 0.15) is 28.5 Å². The van der Waals surface area contributed by atoms with Gasteiger partial charge in [0.05, 0.1) is 6.61 Å². The van der Waals surface area contributed by atoms with Gasteiger partial charge in [0.1, 0.15) is 11.4 Å². The van der Waals surface area contributed by atoms with Crippen molar-refractivity contribution in [1.29, 1.82) is 0 Å². The zero-order valence-electron chi connectivity index (χ0n) is 14.3. The van der Waals surface area contributed by atoms with Crippen molar-refractivity contribution in [2.45, 2.75) is 20.4 Å². The average molecular weight is 322 g/mol.